The van der Waals surface area contributed by atoms with Crippen molar-refractivity contribution in [1.29, 1.82) is 0 Å². The van der Waals surface area contributed by atoms with E-state index < -0.39 is 16.8 Å². The molecule has 0 aliphatic carbocycles. The van der Waals surface area contributed by atoms with E-state index in [0.717, 1.165) is 35.0 Å². The molecule has 1 aromatic carbocycles. The van der Waals surface area contributed by atoms with Crippen molar-refractivity contribution in [3.63, 3.8) is 0 Å². The van der Waals surface area contributed by atoms with Crippen molar-refractivity contribution in [1.82, 2.24) is 0 Å². The summed E-state index contributed by atoms with van der Waals surface area (Å²) in [6.45, 7) is 7.72. The summed E-state index contributed by atoms with van der Waals surface area (Å²) in [5, 5.41) is 9.09. The summed E-state index contributed by atoms with van der Waals surface area (Å²) >= 11 is 3.62. The van der Waals surface area contributed by atoms with E-state index >= 15 is 0 Å². The van der Waals surface area contributed by atoms with Gasteiger partial charge in [0.15, 0.2) is 0 Å². The Kier molecular flexibility index (Phi) is 10.3. The Morgan fingerprint density at radius 2 is 1.41 bits per heavy atom. The molecule has 152 valence electrons. The molecule has 1 N–H and O–H groups in total. The van der Waals surface area contributed by atoms with Crippen LogP contribution in [0.2, 0.25) is 0 Å². The number of carboxylic acid groups (broad SMARTS) is 1. The van der Waals surface area contributed by atoms with Crippen LogP contribution in [0.1, 0.15) is 46.1 Å². The molecule has 0 aromatic heterocycles. The Labute approximate surface area is 171 Å². The lowest BCUT2D eigenvalue weighted by Crippen LogP contribution is -2.27. The molecule has 0 radical (unpaired) electrons. The first-order valence-corrected chi connectivity index (χ1v) is 11.6. The van der Waals surface area contributed by atoms with Gasteiger partial charge in [-0.25, -0.2) is 0 Å². The molecular weight excluding hydrogens is 380 g/mol. The molecule has 0 heterocycles. The van der Waals surface area contributed by atoms with Crippen molar-refractivity contribution in [2.45, 2.75) is 47.1 Å². The van der Waals surface area contributed by atoms with Gasteiger partial charge in [-0.3, -0.25) is 9.59 Å². The topological polar surface area (TPSA) is 63.6 Å². The molecule has 0 fully saturated rings. The van der Waals surface area contributed by atoms with Gasteiger partial charge >= 0.3 is 11.9 Å². The maximum absolute atomic E-state index is 12.3. The van der Waals surface area contributed by atoms with Gasteiger partial charge in [0, 0.05) is 11.5 Å². The van der Waals surface area contributed by atoms with Gasteiger partial charge in [0.25, 0.3) is 0 Å². The van der Waals surface area contributed by atoms with Crippen LogP contribution in [-0.2, 0) is 20.9 Å². The largest absolute Gasteiger partial charge is 0.481 e. The first kappa shape index (κ1) is 23.9. The van der Waals surface area contributed by atoms with Crippen molar-refractivity contribution in [2.75, 3.05) is 23.0 Å². The second-order valence-electron chi connectivity index (χ2n) is 7.86. The molecule has 1 rings (SSSR count). The summed E-state index contributed by atoms with van der Waals surface area (Å²) in [4.78, 5) is 23.4. The van der Waals surface area contributed by atoms with Crippen molar-refractivity contribution in [2.24, 2.45) is 10.8 Å². The minimum absolute atomic E-state index is 0.155. The third kappa shape index (κ3) is 9.56. The molecule has 6 heteroatoms. The average Bonchev–Trinajstić information content (AvgIpc) is 2.62. The molecule has 1 aromatic rings. The van der Waals surface area contributed by atoms with Crippen LogP contribution in [0, 0.1) is 10.8 Å². The van der Waals surface area contributed by atoms with Gasteiger partial charge in [-0.05, 0) is 57.6 Å². The number of thioether (sulfide) groups is 2. The second kappa shape index (κ2) is 11.6. The molecule has 0 bridgehead atoms. The minimum atomic E-state index is -0.737. The SMILES string of the molecule is CC(C)(CCSCCSCCC(C)(C)C(=O)OCc1ccccc1)C(=O)O. The summed E-state index contributed by atoms with van der Waals surface area (Å²) in [5.74, 6) is 2.88. The number of carbonyl (C=O) groups excluding carboxylic acids is 1. The Hall–Kier alpha value is -1.14. The maximum atomic E-state index is 12.3. The van der Waals surface area contributed by atoms with Gasteiger partial charge in [0.05, 0.1) is 10.8 Å². The minimum Gasteiger partial charge on any atom is -0.481 e. The standard InChI is InChI=1S/C21H32O4S2/c1-20(2,18(22)23)10-12-26-14-15-27-13-11-21(3,4)19(24)25-16-17-8-6-5-7-9-17/h5-9H,10-16H2,1-4H3,(H,22,23). The third-order valence-corrected chi connectivity index (χ3v) is 6.69. The molecule has 27 heavy (non-hydrogen) atoms. The number of carbonyl (C=O) groups is 2. The molecule has 0 aliphatic heterocycles. The smallest absolute Gasteiger partial charge is 0.311 e. The van der Waals surface area contributed by atoms with Crippen LogP contribution in [0.5, 0.6) is 0 Å². The summed E-state index contributed by atoms with van der Waals surface area (Å²) < 4.78 is 5.45. The van der Waals surface area contributed by atoms with Crippen LogP contribution in [-0.4, -0.2) is 40.1 Å². The molecule has 0 unspecified atom stereocenters. The second-order valence-corrected chi connectivity index (χ2v) is 10.3. The highest BCUT2D eigenvalue weighted by molar-refractivity contribution is 8.02. The van der Waals surface area contributed by atoms with Crippen LogP contribution < -0.4 is 0 Å². The van der Waals surface area contributed by atoms with Crippen molar-refractivity contribution in [3.8, 4) is 0 Å². The molecule has 0 spiro atoms. The van der Waals surface area contributed by atoms with E-state index in [-0.39, 0.29) is 5.97 Å². The van der Waals surface area contributed by atoms with Crippen molar-refractivity contribution in [3.05, 3.63) is 35.9 Å². The summed E-state index contributed by atoms with van der Waals surface area (Å²) in [6, 6.07) is 9.71. The fourth-order valence-electron chi connectivity index (χ4n) is 2.10. The van der Waals surface area contributed by atoms with E-state index in [4.69, 9.17) is 9.84 Å². The normalized spacial score (nSPS) is 12.0. The number of aliphatic carboxylic acids is 1. The van der Waals surface area contributed by atoms with E-state index in [2.05, 4.69) is 0 Å². The Balaban J connectivity index is 2.13. The molecule has 0 saturated carbocycles. The van der Waals surface area contributed by atoms with Crippen molar-refractivity contribution < 1.29 is 19.4 Å². The lowest BCUT2D eigenvalue weighted by atomic mass is 9.90. The zero-order valence-corrected chi connectivity index (χ0v) is 18.5. The first-order chi connectivity index (χ1) is 12.6. The number of benzene rings is 1. The quantitative estimate of drug-likeness (QED) is 0.359. The van der Waals surface area contributed by atoms with E-state index in [1.54, 1.807) is 25.6 Å². The van der Waals surface area contributed by atoms with Crippen LogP contribution >= 0.6 is 23.5 Å². The monoisotopic (exact) mass is 412 g/mol. The van der Waals surface area contributed by atoms with E-state index in [0.29, 0.717) is 13.0 Å². The lowest BCUT2D eigenvalue weighted by molar-refractivity contribution is -0.155. The zero-order chi connectivity index (χ0) is 20.3. The maximum Gasteiger partial charge on any atom is 0.311 e. The van der Waals surface area contributed by atoms with Crippen LogP contribution in [0.4, 0.5) is 0 Å². The van der Waals surface area contributed by atoms with Crippen LogP contribution in [0.3, 0.4) is 0 Å². The summed E-state index contributed by atoms with van der Waals surface area (Å²) in [7, 11) is 0. The third-order valence-electron chi connectivity index (χ3n) is 4.46. The highest BCUT2D eigenvalue weighted by atomic mass is 32.2. The van der Waals surface area contributed by atoms with Gasteiger partial charge in [-0.1, -0.05) is 30.3 Å². The number of carboxylic acids is 1. The van der Waals surface area contributed by atoms with Crippen LogP contribution in [0.15, 0.2) is 30.3 Å². The Morgan fingerprint density at radius 3 is 1.93 bits per heavy atom. The van der Waals surface area contributed by atoms with E-state index in [9.17, 15) is 9.59 Å². The van der Waals surface area contributed by atoms with Gasteiger partial charge < -0.3 is 9.84 Å². The Bertz CT molecular complexity index is 585. The first-order valence-electron chi connectivity index (χ1n) is 9.25. The van der Waals surface area contributed by atoms with Gasteiger partial charge in [0.1, 0.15) is 6.61 Å². The average molecular weight is 413 g/mol. The van der Waals surface area contributed by atoms with E-state index in [1.165, 1.54) is 0 Å². The number of ether oxygens (including phenoxy) is 1. The predicted molar refractivity (Wildman–Crippen MR) is 115 cm³/mol. The number of esters is 1. The lowest BCUT2D eigenvalue weighted by Gasteiger charge is -2.22. The van der Waals surface area contributed by atoms with Gasteiger partial charge in [-0.2, -0.15) is 23.5 Å². The molecular formula is C21H32O4S2. The molecule has 0 amide bonds. The fourth-order valence-corrected chi connectivity index (χ4v) is 4.76. The summed E-state index contributed by atoms with van der Waals surface area (Å²) in [5.41, 5.74) is -0.135. The fraction of sp³-hybridized carbons (Fsp3) is 0.619. The molecule has 0 aliphatic rings. The van der Waals surface area contributed by atoms with Gasteiger partial charge in [-0.15, -0.1) is 0 Å². The predicted octanol–water partition coefficient (Wildman–Crippen LogP) is 5.11. The Morgan fingerprint density at radius 1 is 0.889 bits per heavy atom. The molecule has 4 nitrogen and oxygen atoms in total. The summed E-state index contributed by atoms with van der Waals surface area (Å²) in [6.07, 6.45) is 1.46. The number of hydrogen-bond donors (Lipinski definition) is 1. The molecule has 0 saturated heterocycles. The number of hydrogen-bond acceptors (Lipinski definition) is 5. The number of rotatable bonds is 13. The highest BCUT2D eigenvalue weighted by Gasteiger charge is 2.29. The van der Waals surface area contributed by atoms with Gasteiger partial charge in [0.2, 0.25) is 0 Å². The van der Waals surface area contributed by atoms with Crippen molar-refractivity contribution >= 4 is 35.5 Å². The zero-order valence-electron chi connectivity index (χ0n) is 16.8. The van der Waals surface area contributed by atoms with E-state index in [1.807, 2.05) is 55.9 Å². The molecule has 0 atom stereocenters. The van der Waals surface area contributed by atoms with Crippen LogP contribution in [0.25, 0.3) is 0 Å². The highest BCUT2D eigenvalue weighted by Crippen LogP contribution is 2.26.